The molecule has 0 saturated heterocycles. The summed E-state index contributed by atoms with van der Waals surface area (Å²) in [6.45, 7) is 2.06. The maximum Gasteiger partial charge on any atom is 0.231 e. The molecule has 3 nitrogen and oxygen atoms in total. The molecular formula is C18H19NO2. The molecule has 108 valence electrons. The van der Waals surface area contributed by atoms with E-state index in [2.05, 4.69) is 35.6 Å². The van der Waals surface area contributed by atoms with Crippen molar-refractivity contribution in [3.8, 4) is 11.5 Å². The van der Waals surface area contributed by atoms with Crippen LogP contribution in [0.2, 0.25) is 0 Å². The normalized spacial score (nSPS) is 16.2. The van der Waals surface area contributed by atoms with Gasteiger partial charge >= 0.3 is 0 Å². The third-order valence-corrected chi connectivity index (χ3v) is 4.12. The number of rotatable bonds is 5. The highest BCUT2D eigenvalue weighted by atomic mass is 16.7. The molecule has 1 aliphatic heterocycles. The summed E-state index contributed by atoms with van der Waals surface area (Å²) in [5.74, 6) is 2.53. The highest BCUT2D eigenvalue weighted by molar-refractivity contribution is 5.44. The third kappa shape index (κ3) is 2.88. The lowest BCUT2D eigenvalue weighted by atomic mass is 10.1. The Kier molecular flexibility index (Phi) is 3.28. The second-order valence-electron chi connectivity index (χ2n) is 5.81. The monoisotopic (exact) mass is 281 g/mol. The lowest BCUT2D eigenvalue weighted by Gasteiger charge is -2.07. The summed E-state index contributed by atoms with van der Waals surface area (Å²) in [4.78, 5) is 0. The van der Waals surface area contributed by atoms with Gasteiger partial charge in [0.2, 0.25) is 6.79 Å². The molecule has 1 aliphatic carbocycles. The van der Waals surface area contributed by atoms with E-state index in [1.54, 1.807) is 0 Å². The van der Waals surface area contributed by atoms with E-state index in [0.29, 0.717) is 6.79 Å². The van der Waals surface area contributed by atoms with Crippen LogP contribution in [0.4, 0.5) is 0 Å². The molecule has 0 unspecified atom stereocenters. The number of fused-ring (bicyclic) bond motifs is 1. The molecule has 0 spiro atoms. The van der Waals surface area contributed by atoms with Gasteiger partial charge < -0.3 is 14.8 Å². The zero-order valence-corrected chi connectivity index (χ0v) is 12.0. The lowest BCUT2D eigenvalue weighted by molar-refractivity contribution is 0.174. The molecule has 1 N–H and O–H groups in total. The first-order valence-electron chi connectivity index (χ1n) is 7.56. The molecule has 1 heterocycles. The first kappa shape index (κ1) is 12.7. The van der Waals surface area contributed by atoms with Gasteiger partial charge in [0.05, 0.1) is 0 Å². The standard InChI is InChI=1S/C18H19NO2/c1-4-15(16-6-7-16)5-2-13(1)10-19-11-14-3-8-17-18(9-14)21-12-20-17/h1-5,8-9,16,19H,6-7,10-12H2. The molecule has 0 aromatic heterocycles. The van der Waals surface area contributed by atoms with Crippen molar-refractivity contribution in [3.63, 3.8) is 0 Å². The first-order chi connectivity index (χ1) is 10.4. The van der Waals surface area contributed by atoms with Crippen molar-refractivity contribution in [1.82, 2.24) is 5.32 Å². The average Bonchev–Trinajstić information content (AvgIpc) is 3.26. The highest BCUT2D eigenvalue weighted by Gasteiger charge is 2.22. The van der Waals surface area contributed by atoms with E-state index in [0.717, 1.165) is 30.5 Å². The molecule has 2 aromatic carbocycles. The van der Waals surface area contributed by atoms with Crippen LogP contribution in [0.15, 0.2) is 42.5 Å². The van der Waals surface area contributed by atoms with Crippen molar-refractivity contribution in [2.24, 2.45) is 0 Å². The topological polar surface area (TPSA) is 30.5 Å². The van der Waals surface area contributed by atoms with Gasteiger partial charge in [0.1, 0.15) is 0 Å². The number of hydrogen-bond acceptors (Lipinski definition) is 3. The average molecular weight is 281 g/mol. The molecule has 0 bridgehead atoms. The van der Waals surface area contributed by atoms with Gasteiger partial charge in [-0.3, -0.25) is 0 Å². The summed E-state index contributed by atoms with van der Waals surface area (Å²) >= 11 is 0. The van der Waals surface area contributed by atoms with Crippen LogP contribution in [-0.2, 0) is 13.1 Å². The number of benzene rings is 2. The van der Waals surface area contributed by atoms with Gasteiger partial charge in [-0.25, -0.2) is 0 Å². The van der Waals surface area contributed by atoms with E-state index in [1.807, 2.05) is 12.1 Å². The first-order valence-corrected chi connectivity index (χ1v) is 7.56. The van der Waals surface area contributed by atoms with Gasteiger partial charge in [-0.1, -0.05) is 30.3 Å². The number of hydrogen-bond donors (Lipinski definition) is 1. The molecule has 1 fully saturated rings. The molecule has 0 amide bonds. The molecule has 0 atom stereocenters. The van der Waals surface area contributed by atoms with Gasteiger partial charge in [-0.2, -0.15) is 0 Å². The Morgan fingerprint density at radius 2 is 1.57 bits per heavy atom. The van der Waals surface area contributed by atoms with Gasteiger partial charge in [0.25, 0.3) is 0 Å². The fraction of sp³-hybridized carbons (Fsp3) is 0.333. The quantitative estimate of drug-likeness (QED) is 0.908. The predicted octanol–water partition coefficient (Wildman–Crippen LogP) is 3.58. The van der Waals surface area contributed by atoms with Crippen LogP contribution in [-0.4, -0.2) is 6.79 Å². The highest BCUT2D eigenvalue weighted by Crippen LogP contribution is 2.39. The van der Waals surface area contributed by atoms with Crippen LogP contribution in [0.1, 0.15) is 35.4 Å². The minimum absolute atomic E-state index is 0.333. The molecule has 4 rings (SSSR count). The van der Waals surface area contributed by atoms with Gasteiger partial charge in [-0.05, 0) is 47.6 Å². The van der Waals surface area contributed by atoms with E-state index in [1.165, 1.54) is 29.5 Å². The van der Waals surface area contributed by atoms with Crippen LogP contribution in [0.5, 0.6) is 11.5 Å². The third-order valence-electron chi connectivity index (χ3n) is 4.12. The summed E-state index contributed by atoms with van der Waals surface area (Å²) < 4.78 is 10.7. The minimum atomic E-state index is 0.333. The maximum absolute atomic E-state index is 5.40. The van der Waals surface area contributed by atoms with E-state index in [9.17, 15) is 0 Å². The van der Waals surface area contributed by atoms with Gasteiger partial charge in [0.15, 0.2) is 11.5 Å². The van der Waals surface area contributed by atoms with Crippen molar-refractivity contribution in [1.29, 1.82) is 0 Å². The summed E-state index contributed by atoms with van der Waals surface area (Å²) in [7, 11) is 0. The smallest absolute Gasteiger partial charge is 0.231 e. The Labute approximate surface area is 124 Å². The van der Waals surface area contributed by atoms with Crippen molar-refractivity contribution in [3.05, 3.63) is 59.2 Å². The summed E-state index contributed by atoms with van der Waals surface area (Å²) in [6, 6.07) is 15.1. The predicted molar refractivity (Wildman–Crippen MR) is 81.5 cm³/mol. The fourth-order valence-electron chi connectivity index (χ4n) is 2.73. The van der Waals surface area contributed by atoms with E-state index < -0.39 is 0 Å². The Morgan fingerprint density at radius 1 is 0.857 bits per heavy atom. The number of ether oxygens (including phenoxy) is 2. The zero-order chi connectivity index (χ0) is 14.1. The van der Waals surface area contributed by atoms with Crippen LogP contribution < -0.4 is 14.8 Å². The lowest BCUT2D eigenvalue weighted by Crippen LogP contribution is -2.12. The number of nitrogens with one attached hydrogen (secondary N) is 1. The summed E-state index contributed by atoms with van der Waals surface area (Å²) in [6.07, 6.45) is 2.73. The Morgan fingerprint density at radius 3 is 2.38 bits per heavy atom. The van der Waals surface area contributed by atoms with Crippen molar-refractivity contribution in [2.75, 3.05) is 6.79 Å². The Balaban J connectivity index is 1.32. The molecular weight excluding hydrogens is 262 g/mol. The summed E-state index contributed by atoms with van der Waals surface area (Å²) in [5.41, 5.74) is 4.04. The zero-order valence-electron chi connectivity index (χ0n) is 12.0. The fourth-order valence-corrected chi connectivity index (χ4v) is 2.73. The molecule has 3 heteroatoms. The minimum Gasteiger partial charge on any atom is -0.454 e. The molecule has 0 radical (unpaired) electrons. The molecule has 21 heavy (non-hydrogen) atoms. The SMILES string of the molecule is c1cc(C2CC2)ccc1CNCc1ccc2c(c1)OCO2. The van der Waals surface area contributed by atoms with Crippen molar-refractivity contribution in [2.45, 2.75) is 31.8 Å². The van der Waals surface area contributed by atoms with Crippen LogP contribution in [0, 0.1) is 0 Å². The Bertz CT molecular complexity index is 632. The Hall–Kier alpha value is -2.00. The second kappa shape index (κ2) is 5.41. The van der Waals surface area contributed by atoms with Crippen LogP contribution in [0.25, 0.3) is 0 Å². The van der Waals surface area contributed by atoms with Crippen molar-refractivity contribution < 1.29 is 9.47 Å². The van der Waals surface area contributed by atoms with Gasteiger partial charge in [-0.15, -0.1) is 0 Å². The maximum atomic E-state index is 5.40. The largest absolute Gasteiger partial charge is 0.454 e. The van der Waals surface area contributed by atoms with Crippen LogP contribution in [0.3, 0.4) is 0 Å². The molecule has 2 aromatic rings. The van der Waals surface area contributed by atoms with Crippen molar-refractivity contribution >= 4 is 0 Å². The van der Waals surface area contributed by atoms with E-state index >= 15 is 0 Å². The molecule has 1 saturated carbocycles. The van der Waals surface area contributed by atoms with E-state index in [-0.39, 0.29) is 0 Å². The van der Waals surface area contributed by atoms with E-state index in [4.69, 9.17) is 9.47 Å². The second-order valence-corrected chi connectivity index (χ2v) is 5.81. The molecule has 2 aliphatic rings. The summed E-state index contributed by atoms with van der Waals surface area (Å²) in [5, 5.41) is 3.48. The van der Waals surface area contributed by atoms with Crippen LogP contribution >= 0.6 is 0 Å². The van der Waals surface area contributed by atoms with Gasteiger partial charge in [0, 0.05) is 13.1 Å².